The molecule has 6 aromatic rings. The van der Waals surface area contributed by atoms with Crippen LogP contribution in [0, 0.1) is 6.92 Å². The van der Waals surface area contributed by atoms with E-state index in [2.05, 4.69) is 4.98 Å². The quantitative estimate of drug-likeness (QED) is 0.141. The predicted octanol–water partition coefficient (Wildman–Crippen LogP) is 5.58. The van der Waals surface area contributed by atoms with E-state index in [1.54, 1.807) is 27.9 Å². The molecule has 13 heteroatoms. The van der Waals surface area contributed by atoms with Crippen LogP contribution in [-0.4, -0.2) is 59.4 Å². The first kappa shape index (κ1) is 38.4. The number of Topliss-reactive ketones (excluding diaryl/α,β-unsaturated/α-hetero) is 1. The zero-order valence-corrected chi connectivity index (χ0v) is 33.6. The highest BCUT2D eigenvalue weighted by Gasteiger charge is 2.52. The second-order valence-corrected chi connectivity index (χ2v) is 20.0. The summed E-state index contributed by atoms with van der Waals surface area (Å²) in [5.74, 6) is 0.528. The summed E-state index contributed by atoms with van der Waals surface area (Å²) >= 11 is 1.23. The molecule has 4 heterocycles. The Kier molecular flexibility index (Phi) is 10.4. The molecular weight excluding hydrogens is 735 g/mol. The van der Waals surface area contributed by atoms with Gasteiger partial charge in [-0.1, -0.05) is 92.7 Å². The number of para-hydroxylation sites is 1. The van der Waals surface area contributed by atoms with E-state index in [1.165, 1.54) is 28.4 Å². The highest BCUT2D eigenvalue weighted by atomic mass is 32.1. The lowest BCUT2D eigenvalue weighted by atomic mass is 9.91. The maximum Gasteiger partial charge on any atom is 0.333 e. The Hall–Kier alpha value is -4.92. The molecule has 1 N–H and O–H groups in total. The maximum atomic E-state index is 15.0. The van der Waals surface area contributed by atoms with Crippen molar-refractivity contribution in [1.82, 2.24) is 14.1 Å². The monoisotopic (exact) mass is 779 g/mol. The van der Waals surface area contributed by atoms with Gasteiger partial charge in [0.15, 0.2) is 5.78 Å². The van der Waals surface area contributed by atoms with Gasteiger partial charge < -0.3 is 23.4 Å². The minimum Gasteiger partial charge on any atom is -0.496 e. The van der Waals surface area contributed by atoms with Crippen molar-refractivity contribution in [3.63, 3.8) is 0 Å². The molecule has 11 nitrogen and oxygen atoms in total. The summed E-state index contributed by atoms with van der Waals surface area (Å²) in [6.07, 6.45) is 1.97. The lowest BCUT2D eigenvalue weighted by molar-refractivity contribution is -0.159. The molecule has 0 aliphatic carbocycles. The Labute approximate surface area is 323 Å². The summed E-state index contributed by atoms with van der Waals surface area (Å²) in [7, 11) is -2.04. The number of carbonyl (C=O) groups is 1. The average molecular weight is 780 g/mol. The smallest absolute Gasteiger partial charge is 0.333 e. The van der Waals surface area contributed by atoms with Gasteiger partial charge in [-0.2, -0.15) is 0 Å². The van der Waals surface area contributed by atoms with Gasteiger partial charge in [0, 0.05) is 12.0 Å². The van der Waals surface area contributed by atoms with Crippen LogP contribution < -0.4 is 26.4 Å². The first-order chi connectivity index (χ1) is 26.3. The third kappa shape index (κ3) is 6.74. The van der Waals surface area contributed by atoms with Crippen LogP contribution in [-0.2, 0) is 26.4 Å². The Morgan fingerprint density at radius 2 is 1.60 bits per heavy atom. The van der Waals surface area contributed by atoms with Gasteiger partial charge in [-0.3, -0.25) is 14.2 Å². The summed E-state index contributed by atoms with van der Waals surface area (Å²) in [6, 6.07) is 26.3. The standard InChI is InChI=1S/C42H45N3O8SSi/c1-27-35-38(47)45(42(4,5)34(46)23-41(2,3)55(49,29-15-9-7-10-16-29)30-17-11-8-12-18-30)40(48)44(39(35)54-36(27)37-43-21-22-52-37)24-33(53-28-25-51-26-28)31-19-13-14-20-32(31)50-6/h7-22,28,33,49H,23-26H2,1-6H3. The van der Waals surface area contributed by atoms with E-state index in [9.17, 15) is 14.4 Å². The van der Waals surface area contributed by atoms with E-state index < -0.39 is 36.2 Å². The zero-order valence-electron chi connectivity index (χ0n) is 31.8. The highest BCUT2D eigenvalue weighted by Crippen LogP contribution is 2.42. The molecule has 55 heavy (non-hydrogen) atoms. The van der Waals surface area contributed by atoms with Gasteiger partial charge >= 0.3 is 5.69 Å². The molecule has 0 bridgehead atoms. The number of hydrogen-bond acceptors (Lipinski definition) is 10. The fraction of sp³-hybridized carbons (Fsp3) is 0.333. The average Bonchev–Trinajstić information content (AvgIpc) is 3.82. The van der Waals surface area contributed by atoms with Crippen LogP contribution >= 0.6 is 11.3 Å². The number of benzene rings is 3. The van der Waals surface area contributed by atoms with Crippen molar-refractivity contribution in [2.45, 2.75) is 70.4 Å². The number of nitrogens with zero attached hydrogens (tertiary/aromatic N) is 3. The Bertz CT molecular complexity index is 2390. The molecule has 0 saturated carbocycles. The molecule has 7 rings (SSSR count). The van der Waals surface area contributed by atoms with Gasteiger partial charge in [-0.05, 0) is 47.8 Å². The topological polar surface area (TPSA) is 135 Å². The summed E-state index contributed by atoms with van der Waals surface area (Å²) in [5.41, 5.74) is -1.60. The van der Waals surface area contributed by atoms with Gasteiger partial charge in [0.2, 0.25) is 5.89 Å². The maximum absolute atomic E-state index is 15.0. The van der Waals surface area contributed by atoms with Crippen molar-refractivity contribution in [3.05, 3.63) is 129 Å². The molecule has 286 valence electrons. The molecule has 1 aliphatic heterocycles. The largest absolute Gasteiger partial charge is 0.496 e. The number of methoxy groups -OCH3 is 1. The lowest BCUT2D eigenvalue weighted by Gasteiger charge is -2.42. The normalized spacial score (nSPS) is 14.5. The van der Waals surface area contributed by atoms with Crippen LogP contribution in [0.1, 0.15) is 51.3 Å². The molecule has 1 atom stereocenters. The zero-order chi connectivity index (χ0) is 39.1. The molecular formula is C42H45N3O8SSi. The van der Waals surface area contributed by atoms with Crippen molar-refractivity contribution >= 4 is 46.0 Å². The number of aromatic nitrogens is 3. The Balaban J connectivity index is 1.38. The van der Waals surface area contributed by atoms with Crippen molar-refractivity contribution < 1.29 is 28.2 Å². The summed E-state index contributed by atoms with van der Waals surface area (Å²) in [4.78, 5) is 62.9. The number of aryl methyl sites for hydroxylation is 1. The van der Waals surface area contributed by atoms with Crippen LogP contribution in [0.4, 0.5) is 0 Å². The van der Waals surface area contributed by atoms with Crippen LogP contribution in [0.5, 0.6) is 5.75 Å². The number of oxazole rings is 1. The van der Waals surface area contributed by atoms with Crippen molar-refractivity contribution in [1.29, 1.82) is 0 Å². The van der Waals surface area contributed by atoms with Crippen molar-refractivity contribution in [2.75, 3.05) is 20.3 Å². The molecule has 1 saturated heterocycles. The SMILES string of the molecule is COc1ccccc1C(Cn1c(=O)n(C(C)(C)C(=O)CC(C)(C)[Si](O)(c2ccccc2)c2ccccc2)c(=O)c2c(C)c(-c3ncco3)sc21)OC1COC1. The molecule has 0 radical (unpaired) electrons. The van der Waals surface area contributed by atoms with E-state index in [4.69, 9.17) is 18.6 Å². The van der Waals surface area contributed by atoms with Gasteiger partial charge in [0.05, 0.1) is 43.3 Å². The first-order valence-corrected chi connectivity index (χ1v) is 21.0. The number of carbonyl (C=O) groups excluding carboxylic acids is 1. The second-order valence-electron chi connectivity index (χ2n) is 15.1. The van der Waals surface area contributed by atoms with Crippen LogP contribution in [0.2, 0.25) is 5.04 Å². The van der Waals surface area contributed by atoms with Gasteiger partial charge in [0.1, 0.15) is 34.6 Å². The Morgan fingerprint density at radius 1 is 0.982 bits per heavy atom. The predicted molar refractivity (Wildman–Crippen MR) is 215 cm³/mol. The highest BCUT2D eigenvalue weighted by molar-refractivity contribution is 7.22. The van der Waals surface area contributed by atoms with Crippen molar-refractivity contribution in [2.24, 2.45) is 0 Å². The third-order valence-corrected chi connectivity index (χ3v) is 16.6. The van der Waals surface area contributed by atoms with E-state index in [1.807, 2.05) is 98.8 Å². The first-order valence-electron chi connectivity index (χ1n) is 18.2. The van der Waals surface area contributed by atoms with Gasteiger partial charge in [0.25, 0.3) is 13.9 Å². The number of rotatable bonds is 14. The molecule has 3 aromatic carbocycles. The number of ether oxygens (including phenoxy) is 3. The molecule has 1 unspecified atom stereocenters. The minimum absolute atomic E-state index is 0.00189. The fourth-order valence-electron chi connectivity index (χ4n) is 7.56. The van der Waals surface area contributed by atoms with Crippen molar-refractivity contribution in [3.8, 4) is 16.5 Å². The third-order valence-electron chi connectivity index (χ3n) is 10.8. The summed E-state index contributed by atoms with van der Waals surface area (Å²) in [5, 5.41) is 0.818. The lowest BCUT2D eigenvalue weighted by Crippen LogP contribution is -2.66. The van der Waals surface area contributed by atoms with E-state index in [0.717, 1.165) is 20.5 Å². The Morgan fingerprint density at radius 3 is 2.16 bits per heavy atom. The molecule has 0 amide bonds. The van der Waals surface area contributed by atoms with Gasteiger partial charge in [-0.25, -0.2) is 14.3 Å². The number of fused-ring (bicyclic) bond motifs is 1. The van der Waals surface area contributed by atoms with Crippen LogP contribution in [0.25, 0.3) is 21.0 Å². The van der Waals surface area contributed by atoms with Crippen LogP contribution in [0.15, 0.2) is 111 Å². The molecule has 1 fully saturated rings. The van der Waals surface area contributed by atoms with E-state index in [0.29, 0.717) is 40.1 Å². The molecule has 3 aromatic heterocycles. The molecule has 1 aliphatic rings. The molecule has 0 spiro atoms. The summed E-state index contributed by atoms with van der Waals surface area (Å²) < 4.78 is 26.0. The number of ketones is 1. The number of thiophene rings is 1. The van der Waals surface area contributed by atoms with Gasteiger partial charge in [-0.15, -0.1) is 11.3 Å². The van der Waals surface area contributed by atoms with E-state index in [-0.39, 0.29) is 30.2 Å². The van der Waals surface area contributed by atoms with Crippen LogP contribution in [0.3, 0.4) is 0 Å². The summed E-state index contributed by atoms with van der Waals surface area (Å²) in [6.45, 7) is 9.59. The number of hydrogen-bond donors (Lipinski definition) is 1. The minimum atomic E-state index is -3.62. The fourth-order valence-corrected chi connectivity index (χ4v) is 12.5. The van der Waals surface area contributed by atoms with E-state index >= 15 is 4.79 Å². The second kappa shape index (κ2) is 15.0.